The third-order valence-electron chi connectivity index (χ3n) is 2.23. The van der Waals surface area contributed by atoms with Crippen molar-refractivity contribution in [2.45, 2.75) is 6.54 Å². The first-order valence-electron chi connectivity index (χ1n) is 4.67. The summed E-state index contributed by atoms with van der Waals surface area (Å²) in [5.41, 5.74) is 1.03. The van der Waals surface area contributed by atoms with Crippen molar-refractivity contribution in [1.82, 2.24) is 9.55 Å². The van der Waals surface area contributed by atoms with Crippen molar-refractivity contribution >= 4 is 23.0 Å². The number of fused-ring (bicyclic) bond motifs is 1. The number of hydrogen-bond donors (Lipinski definition) is 2. The molecule has 6 heteroatoms. The molecule has 0 atom stereocenters. The van der Waals surface area contributed by atoms with Gasteiger partial charge < -0.3 is 10.4 Å². The van der Waals surface area contributed by atoms with Crippen molar-refractivity contribution in [3.63, 3.8) is 0 Å². The monoisotopic (exact) mass is 223 g/mol. The third kappa shape index (κ3) is 1.69. The molecule has 0 aliphatic rings. The van der Waals surface area contributed by atoms with Crippen molar-refractivity contribution in [2.75, 3.05) is 12.4 Å². The summed E-state index contributed by atoms with van der Waals surface area (Å²) >= 11 is 0. The topological polar surface area (TPSA) is 67.2 Å². The predicted molar refractivity (Wildman–Crippen MR) is 56.9 cm³/mol. The molecule has 2 aromatic rings. The van der Waals surface area contributed by atoms with E-state index >= 15 is 0 Å². The van der Waals surface area contributed by atoms with E-state index in [1.54, 1.807) is 7.05 Å². The van der Waals surface area contributed by atoms with Crippen LogP contribution in [0.2, 0.25) is 0 Å². The smallest absolute Gasteiger partial charge is 0.323 e. The maximum Gasteiger partial charge on any atom is 0.323 e. The van der Waals surface area contributed by atoms with Gasteiger partial charge in [0.15, 0.2) is 0 Å². The molecule has 0 fully saturated rings. The second-order valence-corrected chi connectivity index (χ2v) is 3.30. The molecule has 2 N–H and O–H groups in total. The Labute approximate surface area is 90.5 Å². The number of aromatic nitrogens is 2. The highest BCUT2D eigenvalue weighted by molar-refractivity contribution is 5.81. The molecule has 2 rings (SSSR count). The number of hydrogen-bond acceptors (Lipinski definition) is 3. The fourth-order valence-corrected chi connectivity index (χ4v) is 1.59. The number of benzene rings is 1. The van der Waals surface area contributed by atoms with Gasteiger partial charge in [-0.15, -0.1) is 0 Å². The Balaban J connectivity index is 2.63. The van der Waals surface area contributed by atoms with Gasteiger partial charge in [0.2, 0.25) is 5.95 Å². The Bertz CT molecular complexity index is 550. The predicted octanol–water partition coefficient (Wildman–Crippen LogP) is 1.30. The van der Waals surface area contributed by atoms with Gasteiger partial charge in [-0.1, -0.05) is 0 Å². The van der Waals surface area contributed by atoms with Gasteiger partial charge in [-0.2, -0.15) is 0 Å². The second-order valence-electron chi connectivity index (χ2n) is 3.30. The first kappa shape index (κ1) is 10.4. The van der Waals surface area contributed by atoms with Crippen LogP contribution < -0.4 is 5.32 Å². The maximum absolute atomic E-state index is 13.0. The second kappa shape index (κ2) is 3.80. The lowest BCUT2D eigenvalue weighted by molar-refractivity contribution is -0.137. The minimum atomic E-state index is -0.972. The summed E-state index contributed by atoms with van der Waals surface area (Å²) < 4.78 is 14.4. The molecule has 0 amide bonds. The summed E-state index contributed by atoms with van der Waals surface area (Å²) in [4.78, 5) is 14.8. The average Bonchev–Trinajstić information content (AvgIpc) is 2.55. The number of imidazole rings is 1. The van der Waals surface area contributed by atoms with Crippen LogP contribution in [0, 0.1) is 5.82 Å². The normalized spacial score (nSPS) is 10.6. The Morgan fingerprint density at radius 2 is 2.38 bits per heavy atom. The van der Waals surface area contributed by atoms with E-state index in [9.17, 15) is 9.18 Å². The molecule has 0 aliphatic heterocycles. The maximum atomic E-state index is 13.0. The van der Waals surface area contributed by atoms with E-state index < -0.39 is 11.8 Å². The summed E-state index contributed by atoms with van der Waals surface area (Å²) in [6.07, 6.45) is 0. The number of nitrogens with one attached hydrogen (secondary N) is 1. The lowest BCUT2D eigenvalue weighted by Gasteiger charge is -2.04. The lowest BCUT2D eigenvalue weighted by atomic mass is 10.3. The molecule has 1 aromatic carbocycles. The van der Waals surface area contributed by atoms with Crippen molar-refractivity contribution in [3.8, 4) is 0 Å². The minimum Gasteiger partial charge on any atom is -0.480 e. The van der Waals surface area contributed by atoms with Crippen LogP contribution in [0.15, 0.2) is 18.2 Å². The van der Waals surface area contributed by atoms with Crippen LogP contribution in [-0.2, 0) is 11.3 Å². The van der Waals surface area contributed by atoms with Crippen LogP contribution in [0.1, 0.15) is 0 Å². The molecule has 0 aliphatic carbocycles. The van der Waals surface area contributed by atoms with Gasteiger partial charge in [-0.25, -0.2) is 9.37 Å². The van der Waals surface area contributed by atoms with Crippen LogP contribution in [0.25, 0.3) is 11.0 Å². The molecule has 0 saturated heterocycles. The van der Waals surface area contributed by atoms with E-state index in [2.05, 4.69) is 10.3 Å². The number of carbonyl (C=O) groups is 1. The van der Waals surface area contributed by atoms with E-state index in [1.807, 2.05) is 0 Å². The molecule has 0 bridgehead atoms. The fourth-order valence-electron chi connectivity index (χ4n) is 1.59. The summed E-state index contributed by atoms with van der Waals surface area (Å²) in [7, 11) is 1.63. The highest BCUT2D eigenvalue weighted by atomic mass is 19.1. The SMILES string of the molecule is CNc1nc2cc(F)ccc2n1CC(=O)O. The molecule has 1 aromatic heterocycles. The molecule has 0 saturated carbocycles. The van der Waals surface area contributed by atoms with Gasteiger partial charge >= 0.3 is 5.97 Å². The molecule has 16 heavy (non-hydrogen) atoms. The first-order chi connectivity index (χ1) is 7.61. The zero-order chi connectivity index (χ0) is 11.7. The number of carboxylic acid groups (broad SMARTS) is 1. The van der Waals surface area contributed by atoms with Crippen molar-refractivity contribution in [1.29, 1.82) is 0 Å². The summed E-state index contributed by atoms with van der Waals surface area (Å²) in [5, 5.41) is 11.5. The van der Waals surface area contributed by atoms with Gasteiger partial charge in [0.25, 0.3) is 0 Å². The van der Waals surface area contributed by atoms with Crippen molar-refractivity contribution < 1.29 is 14.3 Å². The lowest BCUT2D eigenvalue weighted by Crippen LogP contribution is -2.11. The quantitative estimate of drug-likeness (QED) is 0.823. The van der Waals surface area contributed by atoms with Crippen LogP contribution in [0.3, 0.4) is 0 Å². The number of rotatable bonds is 3. The van der Waals surface area contributed by atoms with Crippen molar-refractivity contribution in [2.24, 2.45) is 0 Å². The molecule has 84 valence electrons. The zero-order valence-corrected chi connectivity index (χ0v) is 8.57. The van der Waals surface area contributed by atoms with E-state index in [-0.39, 0.29) is 6.54 Å². The molecule has 0 spiro atoms. The van der Waals surface area contributed by atoms with Crippen molar-refractivity contribution in [3.05, 3.63) is 24.0 Å². The van der Waals surface area contributed by atoms with Gasteiger partial charge in [0.05, 0.1) is 11.0 Å². The molecule has 0 radical (unpaired) electrons. The van der Waals surface area contributed by atoms with E-state index in [0.29, 0.717) is 17.0 Å². The third-order valence-corrected chi connectivity index (χ3v) is 2.23. The Kier molecular flexibility index (Phi) is 2.47. The average molecular weight is 223 g/mol. The van der Waals surface area contributed by atoms with Gasteiger partial charge in [-0.3, -0.25) is 9.36 Å². The summed E-state index contributed by atoms with van der Waals surface area (Å²) in [6, 6.07) is 4.07. The number of carboxylic acids is 1. The fraction of sp³-hybridized carbons (Fsp3) is 0.200. The van der Waals surface area contributed by atoms with Crippen LogP contribution in [0.5, 0.6) is 0 Å². The van der Waals surface area contributed by atoms with Gasteiger partial charge in [-0.05, 0) is 12.1 Å². The molecule has 0 unspecified atom stereocenters. The van der Waals surface area contributed by atoms with Gasteiger partial charge in [0.1, 0.15) is 12.4 Å². The molecular weight excluding hydrogens is 213 g/mol. The van der Waals surface area contributed by atoms with Crippen LogP contribution in [0.4, 0.5) is 10.3 Å². The summed E-state index contributed by atoms with van der Waals surface area (Å²) in [6.45, 7) is -0.210. The zero-order valence-electron chi connectivity index (χ0n) is 8.57. The summed E-state index contributed by atoms with van der Waals surface area (Å²) in [5.74, 6) is -0.960. The highest BCUT2D eigenvalue weighted by Crippen LogP contribution is 2.20. The van der Waals surface area contributed by atoms with E-state index in [1.165, 1.54) is 22.8 Å². The van der Waals surface area contributed by atoms with Gasteiger partial charge in [0, 0.05) is 13.1 Å². The number of nitrogens with zero attached hydrogens (tertiary/aromatic N) is 2. The number of halogens is 1. The Morgan fingerprint density at radius 1 is 1.62 bits per heavy atom. The number of aliphatic carboxylic acids is 1. The Hall–Kier alpha value is -2.11. The highest BCUT2D eigenvalue weighted by Gasteiger charge is 2.12. The van der Waals surface area contributed by atoms with E-state index in [0.717, 1.165) is 0 Å². The standard InChI is InChI=1S/C10H10FN3O2/c1-12-10-13-7-4-6(11)2-3-8(7)14(10)5-9(15)16/h2-4H,5H2,1H3,(H,12,13)(H,15,16). The van der Waals surface area contributed by atoms with Crippen LogP contribution in [-0.4, -0.2) is 27.7 Å². The Morgan fingerprint density at radius 3 is 3.00 bits per heavy atom. The molecule has 1 heterocycles. The molecule has 5 nitrogen and oxygen atoms in total. The number of anilines is 1. The minimum absolute atomic E-state index is 0.210. The largest absolute Gasteiger partial charge is 0.480 e. The van der Waals surface area contributed by atoms with E-state index in [4.69, 9.17) is 5.11 Å². The molecular formula is C10H10FN3O2. The first-order valence-corrected chi connectivity index (χ1v) is 4.67. The van der Waals surface area contributed by atoms with Crippen LogP contribution >= 0.6 is 0 Å².